The fraction of sp³-hybridized carbons (Fsp3) is 0.259. The van der Waals surface area contributed by atoms with Crippen molar-refractivity contribution in [2.45, 2.75) is 99.7 Å². The molecule has 4 N–H and O–H groups in total. The number of amides is 4. The van der Waals surface area contributed by atoms with Gasteiger partial charge in [-0.3, -0.25) is 77.1 Å². The highest BCUT2D eigenvalue weighted by molar-refractivity contribution is 5.99. The number of rotatable bonds is 8. The van der Waals surface area contributed by atoms with Gasteiger partial charge < -0.3 is 59.0 Å². The lowest BCUT2D eigenvalue weighted by atomic mass is 9.96. The third-order valence-corrected chi connectivity index (χ3v) is 28.0. The molecule has 4 amide bonds. The van der Waals surface area contributed by atoms with Crippen molar-refractivity contribution >= 4 is 23.6 Å². The van der Waals surface area contributed by atoms with Crippen molar-refractivity contribution in [3.63, 3.8) is 0 Å². The number of pyridine rings is 4. The van der Waals surface area contributed by atoms with Gasteiger partial charge in [-0.05, 0) is 170 Å². The Balaban J connectivity index is 0.000000113. The van der Waals surface area contributed by atoms with Crippen LogP contribution in [-0.2, 0) is 0 Å². The minimum absolute atomic E-state index is 0.0177. The Bertz CT molecular complexity index is 6610. The van der Waals surface area contributed by atoms with Crippen molar-refractivity contribution in [2.24, 2.45) is 23.7 Å². The number of carbonyl (C=O) groups is 4. The van der Waals surface area contributed by atoms with Gasteiger partial charge in [-0.1, -0.05) is 146 Å². The molecule has 8 atom stereocenters. The predicted octanol–water partition coefficient (Wildman–Crippen LogP) is 14.8. The average Bonchev–Trinajstić information content (AvgIpc) is 1.59. The number of carbonyl (C=O) groups excluding carboxylic acids is 4. The maximum absolute atomic E-state index is 15.1. The van der Waals surface area contributed by atoms with E-state index in [-0.39, 0.29) is 147 Å². The number of nitrogens with zero attached hydrogens (tertiary/aromatic N) is 12. The fourth-order valence-corrected chi connectivity index (χ4v) is 20.5. The average molecular weight is 1970 g/mol. The zero-order valence-electron chi connectivity index (χ0n) is 76.7. The van der Waals surface area contributed by atoms with Crippen molar-refractivity contribution in [2.75, 3.05) is 73.1 Å². The summed E-state index contributed by atoms with van der Waals surface area (Å²) >= 11 is 0. The van der Waals surface area contributed by atoms with Crippen LogP contribution >= 0.6 is 0 Å². The molecule has 8 bridgehead atoms. The molecule has 4 saturated carbocycles. The summed E-state index contributed by atoms with van der Waals surface area (Å²) in [6.45, 7) is 0.253. The third kappa shape index (κ3) is 17.3. The van der Waals surface area contributed by atoms with Crippen LogP contribution in [0.1, 0.15) is 162 Å². The lowest BCUT2D eigenvalue weighted by molar-refractivity contribution is 0.0603. The molecule has 0 radical (unpaired) electrons. The zero-order valence-corrected chi connectivity index (χ0v) is 76.7. The van der Waals surface area contributed by atoms with E-state index in [9.17, 15) is 76.3 Å². The van der Waals surface area contributed by atoms with Gasteiger partial charge in [0.1, 0.15) is 77.3 Å². The van der Waals surface area contributed by atoms with Crippen LogP contribution < -0.4 is 60.7 Å². The zero-order chi connectivity index (χ0) is 99.9. The molecule has 24 rings (SSSR count). The Hall–Kier alpha value is -16.6. The van der Waals surface area contributed by atoms with Gasteiger partial charge in [0.15, 0.2) is 92.0 Å². The highest BCUT2D eigenvalue weighted by atomic mass is 19.2. The van der Waals surface area contributed by atoms with E-state index >= 15 is 17.6 Å². The second-order valence-electron chi connectivity index (χ2n) is 37.0. The summed E-state index contributed by atoms with van der Waals surface area (Å²) in [6.07, 6.45) is 27.2. The Morgan fingerprint density at radius 1 is 0.250 bits per heavy atom. The first-order valence-electron chi connectivity index (χ1n) is 47.2. The molecule has 0 saturated heterocycles. The molecule has 736 valence electrons. The molecular weight excluding hydrogens is 1870 g/mol. The summed E-state index contributed by atoms with van der Waals surface area (Å²) in [5.74, 6) is -13.1. The normalized spacial score (nSPS) is 22.2. The van der Waals surface area contributed by atoms with E-state index in [4.69, 9.17) is 18.9 Å². The molecule has 4 fully saturated rings. The van der Waals surface area contributed by atoms with Gasteiger partial charge in [-0.2, -0.15) is 17.6 Å². The molecule has 8 aliphatic heterocycles. The quantitative estimate of drug-likeness (QED) is 0.0811. The first-order chi connectivity index (χ1) is 69.8. The van der Waals surface area contributed by atoms with Crippen LogP contribution in [-0.4, -0.2) is 160 Å². The van der Waals surface area contributed by atoms with E-state index in [1.807, 2.05) is 146 Å². The van der Waals surface area contributed by atoms with Crippen LogP contribution in [0, 0.1) is 70.2 Å². The highest BCUT2D eigenvalue weighted by Crippen LogP contribution is 2.50. The molecule has 0 spiro atoms. The summed E-state index contributed by atoms with van der Waals surface area (Å²) in [7, 11) is 0. The van der Waals surface area contributed by atoms with Crippen molar-refractivity contribution in [3.05, 3.63) is 422 Å². The smallest absolute Gasteiger partial charge is 0.278 e. The van der Waals surface area contributed by atoms with Gasteiger partial charge in [0, 0.05) is 71.3 Å². The van der Waals surface area contributed by atoms with E-state index in [0.717, 1.165) is 97.9 Å². The second-order valence-corrected chi connectivity index (χ2v) is 37.0. The minimum Gasteiger partial charge on any atom is -0.502 e. The third-order valence-electron chi connectivity index (χ3n) is 28.0. The molecule has 144 heavy (non-hydrogen) atoms. The lowest BCUT2D eigenvalue weighted by Gasteiger charge is -2.46. The number of fused-ring (bicyclic) bond motifs is 20. The Labute approximate surface area is 816 Å². The van der Waals surface area contributed by atoms with Gasteiger partial charge in [0.25, 0.3) is 23.6 Å². The Morgan fingerprint density at radius 3 is 0.632 bits per heavy atom. The van der Waals surface area contributed by atoms with Crippen molar-refractivity contribution in [1.29, 1.82) is 0 Å². The van der Waals surface area contributed by atoms with E-state index < -0.39 is 139 Å². The van der Waals surface area contributed by atoms with Crippen molar-refractivity contribution < 1.29 is 93.7 Å². The Kier molecular flexibility index (Phi) is 25.0. The lowest BCUT2D eigenvalue weighted by Crippen LogP contribution is -2.58. The monoisotopic (exact) mass is 1960 g/mol. The molecule has 4 aliphatic carbocycles. The van der Waals surface area contributed by atoms with Crippen molar-refractivity contribution in [3.8, 4) is 46.0 Å². The summed E-state index contributed by atoms with van der Waals surface area (Å²) in [4.78, 5) is 111. The number of halogens is 8. The largest absolute Gasteiger partial charge is 0.502 e. The van der Waals surface area contributed by atoms with Crippen LogP contribution in [0.5, 0.6) is 46.0 Å². The molecule has 12 heterocycles. The van der Waals surface area contributed by atoms with Gasteiger partial charge in [0.05, 0.1) is 24.2 Å². The van der Waals surface area contributed by atoms with E-state index in [1.165, 1.54) is 92.0 Å². The molecule has 28 nitrogen and oxygen atoms in total. The van der Waals surface area contributed by atoms with Crippen LogP contribution in [0.3, 0.4) is 0 Å². The maximum atomic E-state index is 15.1. The molecule has 36 heteroatoms. The summed E-state index contributed by atoms with van der Waals surface area (Å²) in [5.41, 5.74) is 0.904. The summed E-state index contributed by atoms with van der Waals surface area (Å²) < 4.78 is 147. The van der Waals surface area contributed by atoms with Gasteiger partial charge in [-0.25, -0.2) is 17.6 Å². The van der Waals surface area contributed by atoms with E-state index in [0.29, 0.717) is 22.3 Å². The number of hydrogen-bond acceptors (Lipinski definition) is 20. The van der Waals surface area contributed by atoms with Crippen molar-refractivity contribution in [1.82, 2.24) is 38.3 Å². The fourth-order valence-electron chi connectivity index (χ4n) is 20.5. The molecule has 8 aromatic carbocycles. The second kappa shape index (κ2) is 38.5. The minimum atomic E-state index is -1.10. The summed E-state index contributed by atoms with van der Waals surface area (Å²) in [5, 5.41) is 50.0. The van der Waals surface area contributed by atoms with Crippen LogP contribution in [0.4, 0.5) is 35.1 Å². The number of ether oxygens (including phenoxy) is 4. The Morgan fingerprint density at radius 2 is 0.444 bits per heavy atom. The van der Waals surface area contributed by atoms with Crippen LogP contribution in [0.2, 0.25) is 0 Å². The van der Waals surface area contributed by atoms with E-state index in [1.54, 1.807) is 63.9 Å². The number of hydrogen-bond donors (Lipinski definition) is 4. The van der Waals surface area contributed by atoms with Gasteiger partial charge in [-0.15, -0.1) is 0 Å². The van der Waals surface area contributed by atoms with Crippen LogP contribution in [0.25, 0.3) is 0 Å². The number of benzene rings is 8. The predicted molar refractivity (Wildman–Crippen MR) is 510 cm³/mol. The number of aromatic hydroxyl groups is 4. The first kappa shape index (κ1) is 93.7. The maximum Gasteiger partial charge on any atom is 0.278 e. The first-order valence-corrected chi connectivity index (χ1v) is 47.2. The molecular formula is C108H92F8N12O16. The SMILES string of the molecule is O=C1c2c(O)c(=O)ccn2N2CN1[C@@H](C1CC1)/C=C/COc1c(ccc(F)c1F)[C@@H]2c1ccccc1.O=C1c2c(O)c(=O)ccn2N2CN1[C@@H](C1CC1)/C=C/COc1c(ccc(F)c1F)[C@H]2c1ccccc1.O=C1c2c(O)c(=O)ccn2N2CN1[C@H](C1CC1)/C=C/COc1c(ccc(F)c1F)[C@@H]2c1ccccc1.O=C1c2c(O)c(=O)ccn2N2CN1[C@H](C1CC1)/C=C/COc1c(ccc(F)c1F)[C@H]2c1ccccc1. The number of aromatic nitrogens is 4. The molecule has 4 aromatic heterocycles. The van der Waals surface area contributed by atoms with Gasteiger partial charge >= 0.3 is 0 Å². The standard InChI is InChI=1S/4C27H23F2N3O4/c4*28-19-11-10-18-23(17-5-2-1-3-6-17)32-15-30(27(35)24-25(34)21(33)12-13-31(24)32)20(16-8-9-16)7-4-14-36-26(18)22(19)29/h4*1-7,10-13,16,20,23,34H,8-9,14-15H2/b4*7-4+/t2*20-,23+;2*20-,23-/m1010/s1. The highest BCUT2D eigenvalue weighted by Gasteiger charge is 2.51. The molecule has 0 unspecified atom stereocenters. The topological polar surface area (TPSA) is 300 Å². The molecule has 12 aromatic rings. The van der Waals surface area contributed by atoms with Gasteiger partial charge in [0.2, 0.25) is 45.0 Å². The van der Waals surface area contributed by atoms with Crippen LogP contribution in [0.15, 0.2) is 287 Å². The van der Waals surface area contributed by atoms with E-state index in [2.05, 4.69) is 0 Å². The summed E-state index contributed by atoms with van der Waals surface area (Å²) in [6, 6.07) is 47.2. The molecule has 12 aliphatic rings.